The van der Waals surface area contributed by atoms with Crippen molar-refractivity contribution in [3.63, 3.8) is 0 Å². The predicted octanol–water partition coefficient (Wildman–Crippen LogP) is 3.19. The fourth-order valence-electron chi connectivity index (χ4n) is 2.34. The monoisotopic (exact) mass is 291 g/mol. The Kier molecular flexibility index (Phi) is 6.82. The second kappa shape index (κ2) is 8.37. The molecule has 0 saturated heterocycles. The third-order valence-electron chi connectivity index (χ3n) is 3.35. The number of aliphatic carboxylic acids is 1. The number of carboxylic acid groups (broad SMARTS) is 1. The van der Waals surface area contributed by atoms with Gasteiger partial charge in [0, 0.05) is 19.1 Å². The van der Waals surface area contributed by atoms with Crippen LogP contribution in [0.15, 0.2) is 43.5 Å². The summed E-state index contributed by atoms with van der Waals surface area (Å²) < 4.78 is 13.3. The van der Waals surface area contributed by atoms with Crippen LogP contribution in [0.4, 0.5) is 4.39 Å². The van der Waals surface area contributed by atoms with Gasteiger partial charge in [-0.05, 0) is 30.5 Å². The number of halogens is 1. The fraction of sp³-hybridized carbons (Fsp3) is 0.353. The normalized spacial score (nSPS) is 12.1. The topological polar surface area (TPSA) is 40.5 Å². The summed E-state index contributed by atoms with van der Waals surface area (Å²) in [7, 11) is 0. The summed E-state index contributed by atoms with van der Waals surface area (Å²) in [5, 5.41) is 9.11. The van der Waals surface area contributed by atoms with Crippen LogP contribution < -0.4 is 0 Å². The highest BCUT2D eigenvalue weighted by atomic mass is 19.1. The molecule has 0 aliphatic rings. The number of hydrogen-bond acceptors (Lipinski definition) is 2. The largest absolute Gasteiger partial charge is 0.481 e. The van der Waals surface area contributed by atoms with E-state index in [0.717, 1.165) is 5.56 Å². The van der Waals surface area contributed by atoms with Crippen molar-refractivity contribution in [3.05, 3.63) is 60.5 Å². The van der Waals surface area contributed by atoms with E-state index < -0.39 is 5.97 Å². The first kappa shape index (κ1) is 17.1. The van der Waals surface area contributed by atoms with Crippen molar-refractivity contribution in [2.75, 3.05) is 13.1 Å². The number of carboxylic acids is 1. The summed E-state index contributed by atoms with van der Waals surface area (Å²) in [4.78, 5) is 13.1. The van der Waals surface area contributed by atoms with E-state index in [4.69, 9.17) is 5.11 Å². The molecule has 0 saturated carbocycles. The summed E-state index contributed by atoms with van der Waals surface area (Å²) >= 11 is 0. The highest BCUT2D eigenvalue weighted by molar-refractivity contribution is 5.67. The molecule has 114 valence electrons. The lowest BCUT2D eigenvalue weighted by atomic mass is 10.00. The van der Waals surface area contributed by atoms with Crippen LogP contribution in [0.5, 0.6) is 0 Å². The summed E-state index contributed by atoms with van der Waals surface area (Å²) in [5.74, 6) is -1.10. The zero-order valence-electron chi connectivity index (χ0n) is 12.4. The van der Waals surface area contributed by atoms with Crippen molar-refractivity contribution in [1.82, 2.24) is 4.90 Å². The Morgan fingerprint density at radius 1 is 1.38 bits per heavy atom. The lowest BCUT2D eigenvalue weighted by molar-refractivity contribution is -0.138. The number of hydrogen-bond donors (Lipinski definition) is 1. The minimum atomic E-state index is -0.850. The lowest BCUT2D eigenvalue weighted by Crippen LogP contribution is -2.38. The Balaban J connectivity index is 2.94. The van der Waals surface area contributed by atoms with E-state index in [-0.39, 0.29) is 18.3 Å². The molecule has 0 fully saturated rings. The Labute approximate surface area is 125 Å². The van der Waals surface area contributed by atoms with Gasteiger partial charge in [-0.2, -0.15) is 0 Å². The minimum Gasteiger partial charge on any atom is -0.481 e. The van der Waals surface area contributed by atoms with E-state index in [1.54, 1.807) is 31.2 Å². The number of nitrogens with zero attached hydrogens (tertiary/aromatic N) is 1. The molecule has 1 atom stereocenters. The smallest absolute Gasteiger partial charge is 0.304 e. The molecular formula is C17H22FNO2. The van der Waals surface area contributed by atoms with Crippen LogP contribution in [-0.4, -0.2) is 35.1 Å². The lowest BCUT2D eigenvalue weighted by Gasteiger charge is -2.29. The van der Waals surface area contributed by atoms with Crippen LogP contribution in [0, 0.1) is 12.7 Å². The van der Waals surface area contributed by atoms with Gasteiger partial charge in [0.1, 0.15) is 5.82 Å². The minimum absolute atomic E-state index is 0.0259. The molecule has 0 radical (unpaired) electrons. The molecule has 0 amide bonds. The van der Waals surface area contributed by atoms with Crippen LogP contribution in [-0.2, 0) is 11.2 Å². The molecule has 0 aromatic heterocycles. The number of aryl methyl sites for hydroxylation is 1. The highest BCUT2D eigenvalue weighted by Crippen LogP contribution is 2.16. The average Bonchev–Trinajstić information content (AvgIpc) is 2.41. The molecule has 21 heavy (non-hydrogen) atoms. The van der Waals surface area contributed by atoms with Gasteiger partial charge in [-0.1, -0.05) is 24.3 Å². The third-order valence-corrected chi connectivity index (χ3v) is 3.35. The zero-order valence-corrected chi connectivity index (χ0v) is 12.4. The molecule has 4 heteroatoms. The van der Waals surface area contributed by atoms with Gasteiger partial charge < -0.3 is 5.11 Å². The second-order valence-electron chi connectivity index (χ2n) is 5.07. The Hall–Kier alpha value is -1.94. The maximum atomic E-state index is 13.3. The molecule has 0 heterocycles. The molecule has 0 bridgehead atoms. The van der Waals surface area contributed by atoms with Gasteiger partial charge in [0.25, 0.3) is 0 Å². The van der Waals surface area contributed by atoms with Gasteiger partial charge in [0.05, 0.1) is 6.42 Å². The van der Waals surface area contributed by atoms with Gasteiger partial charge in [0.15, 0.2) is 0 Å². The van der Waals surface area contributed by atoms with Gasteiger partial charge in [0.2, 0.25) is 0 Å². The average molecular weight is 291 g/mol. The van der Waals surface area contributed by atoms with Gasteiger partial charge in [-0.15, -0.1) is 13.2 Å². The quantitative estimate of drug-likeness (QED) is 0.710. The Bertz CT molecular complexity index is 504. The molecule has 1 aromatic rings. The molecule has 0 aliphatic heterocycles. The number of rotatable bonds is 9. The van der Waals surface area contributed by atoms with Crippen molar-refractivity contribution in [1.29, 1.82) is 0 Å². The molecule has 1 unspecified atom stereocenters. The first-order valence-corrected chi connectivity index (χ1v) is 6.90. The van der Waals surface area contributed by atoms with Crippen molar-refractivity contribution < 1.29 is 14.3 Å². The predicted molar refractivity (Wildman–Crippen MR) is 82.8 cm³/mol. The molecule has 3 nitrogen and oxygen atoms in total. The SMILES string of the molecule is C=CCN(CC=C)C(CC(=O)O)Cc1ccc(F)c(C)c1. The second-order valence-corrected chi connectivity index (χ2v) is 5.07. The van der Waals surface area contributed by atoms with Crippen LogP contribution in [0.25, 0.3) is 0 Å². The summed E-state index contributed by atoms with van der Waals surface area (Å²) in [6.07, 6.45) is 4.07. The molecule has 1 rings (SSSR count). The standard InChI is InChI=1S/C17H22FNO2/c1-4-8-19(9-5-2)15(12-17(20)21)11-14-6-7-16(18)13(3)10-14/h4-7,10,15H,1-2,8-9,11-12H2,3H3,(H,20,21). The number of carbonyl (C=O) groups is 1. The third kappa shape index (κ3) is 5.52. The van der Waals surface area contributed by atoms with Gasteiger partial charge in [-0.25, -0.2) is 4.39 Å². The van der Waals surface area contributed by atoms with E-state index in [1.165, 1.54) is 6.07 Å². The van der Waals surface area contributed by atoms with E-state index in [0.29, 0.717) is 25.1 Å². The maximum absolute atomic E-state index is 13.3. The Morgan fingerprint density at radius 2 is 2.00 bits per heavy atom. The van der Waals surface area contributed by atoms with E-state index >= 15 is 0 Å². The molecule has 0 aliphatic carbocycles. The van der Waals surface area contributed by atoms with Gasteiger partial charge in [-0.3, -0.25) is 9.69 Å². The van der Waals surface area contributed by atoms with Crippen molar-refractivity contribution in [2.24, 2.45) is 0 Å². The van der Waals surface area contributed by atoms with Crippen LogP contribution >= 0.6 is 0 Å². The maximum Gasteiger partial charge on any atom is 0.304 e. The first-order chi connectivity index (χ1) is 9.97. The summed E-state index contributed by atoms with van der Waals surface area (Å²) in [5.41, 5.74) is 1.50. The van der Waals surface area contributed by atoms with Crippen molar-refractivity contribution in [3.8, 4) is 0 Å². The first-order valence-electron chi connectivity index (χ1n) is 6.90. The molecule has 1 aromatic carbocycles. The molecular weight excluding hydrogens is 269 g/mol. The van der Waals surface area contributed by atoms with E-state index in [1.807, 2.05) is 4.90 Å². The molecule has 0 spiro atoms. The van der Waals surface area contributed by atoms with Crippen molar-refractivity contribution in [2.45, 2.75) is 25.8 Å². The Morgan fingerprint density at radius 3 is 2.48 bits per heavy atom. The van der Waals surface area contributed by atoms with Crippen LogP contribution in [0.3, 0.4) is 0 Å². The number of benzene rings is 1. The van der Waals surface area contributed by atoms with Crippen molar-refractivity contribution >= 4 is 5.97 Å². The zero-order chi connectivity index (χ0) is 15.8. The van der Waals surface area contributed by atoms with E-state index in [2.05, 4.69) is 13.2 Å². The van der Waals surface area contributed by atoms with Crippen LogP contribution in [0.1, 0.15) is 17.5 Å². The van der Waals surface area contributed by atoms with E-state index in [9.17, 15) is 9.18 Å². The van der Waals surface area contributed by atoms with Gasteiger partial charge >= 0.3 is 5.97 Å². The molecule has 1 N–H and O–H groups in total. The highest BCUT2D eigenvalue weighted by Gasteiger charge is 2.20. The fourth-order valence-corrected chi connectivity index (χ4v) is 2.34. The summed E-state index contributed by atoms with van der Waals surface area (Å²) in [6, 6.07) is 4.72. The van der Waals surface area contributed by atoms with Crippen LogP contribution in [0.2, 0.25) is 0 Å². The summed E-state index contributed by atoms with van der Waals surface area (Å²) in [6.45, 7) is 10.3.